The Kier molecular flexibility index (Phi) is 8.43. The number of carbonyl (C=O) groups is 6. The fourth-order valence-corrected chi connectivity index (χ4v) is 5.30. The molecule has 13 nitrogen and oxygen atoms in total. The highest BCUT2D eigenvalue weighted by atomic mass is 32.1. The Balaban J connectivity index is 0.000000417. The molecular weight excluding hydrogens is 516 g/mol. The average Bonchev–Trinajstić information content (AvgIpc) is 3.71. The summed E-state index contributed by atoms with van der Waals surface area (Å²) in [5.74, 6) is -1.98. The number of hydrogen-bond acceptors (Lipinski definition) is 9. The van der Waals surface area contributed by atoms with E-state index in [0.29, 0.717) is 44.4 Å². The van der Waals surface area contributed by atoms with E-state index in [9.17, 15) is 28.8 Å². The maximum absolute atomic E-state index is 13.0. The van der Waals surface area contributed by atoms with E-state index in [2.05, 4.69) is 20.8 Å². The van der Waals surface area contributed by atoms with Gasteiger partial charge in [0.25, 0.3) is 29.5 Å². The van der Waals surface area contributed by atoms with Crippen LogP contribution in [-0.4, -0.2) is 63.5 Å². The van der Waals surface area contributed by atoms with Gasteiger partial charge in [-0.15, -0.1) is 11.3 Å². The highest BCUT2D eigenvalue weighted by Gasteiger charge is 2.47. The molecule has 200 valence electrons. The summed E-state index contributed by atoms with van der Waals surface area (Å²) in [5, 5.41) is 3.92. The number of H-pyrrole nitrogens is 1. The summed E-state index contributed by atoms with van der Waals surface area (Å²) < 4.78 is 5.86. The number of nitrogens with one attached hydrogen (secondary N) is 4. The molecule has 4 N–H and O–H groups in total. The minimum Gasteiger partial charge on any atom is -0.359 e. The molecule has 5 rings (SSSR count). The summed E-state index contributed by atoms with van der Waals surface area (Å²) in [6.45, 7) is 0.800. The van der Waals surface area contributed by atoms with Crippen LogP contribution in [0, 0.1) is 0 Å². The van der Waals surface area contributed by atoms with E-state index in [1.54, 1.807) is 6.33 Å². The number of thiophene rings is 1. The van der Waals surface area contributed by atoms with E-state index < -0.39 is 11.5 Å². The Labute approximate surface area is 220 Å². The van der Waals surface area contributed by atoms with Crippen LogP contribution < -0.4 is 16.2 Å². The molecule has 1 unspecified atom stereocenters. The predicted octanol–water partition coefficient (Wildman–Crippen LogP) is 0.462. The molecule has 38 heavy (non-hydrogen) atoms. The van der Waals surface area contributed by atoms with Crippen molar-refractivity contribution >= 4 is 57.8 Å². The largest absolute Gasteiger partial charge is 0.359 e. The van der Waals surface area contributed by atoms with Gasteiger partial charge in [0.2, 0.25) is 5.91 Å². The molecule has 3 aliphatic heterocycles. The normalized spacial score (nSPS) is 20.2. The molecular formula is C24H26N6O7S. The van der Waals surface area contributed by atoms with Crippen LogP contribution in [0.5, 0.6) is 0 Å². The van der Waals surface area contributed by atoms with Crippen LogP contribution in [0.3, 0.4) is 0 Å². The van der Waals surface area contributed by atoms with E-state index in [1.807, 2.05) is 10.7 Å². The Bertz CT molecular complexity index is 1290. The van der Waals surface area contributed by atoms with Gasteiger partial charge in [-0.1, -0.05) is 6.42 Å². The third-order valence-electron chi connectivity index (χ3n) is 6.07. The third-order valence-corrected chi connectivity index (χ3v) is 7.18. The lowest BCUT2D eigenvalue weighted by atomic mass is 9.96. The van der Waals surface area contributed by atoms with E-state index in [1.165, 1.54) is 40.5 Å². The number of unbranched alkanes of at least 4 members (excludes halogenated alkanes) is 2. The Morgan fingerprint density at radius 1 is 1.03 bits per heavy atom. The Morgan fingerprint density at radius 2 is 1.76 bits per heavy atom. The van der Waals surface area contributed by atoms with Crippen LogP contribution in [0.15, 0.2) is 36.0 Å². The number of rotatable bonds is 8. The number of aromatic amines is 1. The zero-order valence-electron chi connectivity index (χ0n) is 20.3. The number of fused-ring (bicyclic) bond motifs is 1. The number of nitrogens with zero attached hydrogens (tertiary/aromatic N) is 2. The van der Waals surface area contributed by atoms with Gasteiger partial charge in [-0.05, 0) is 25.7 Å². The van der Waals surface area contributed by atoms with Crippen molar-refractivity contribution in [2.45, 2.75) is 44.1 Å². The predicted molar refractivity (Wildman–Crippen MR) is 134 cm³/mol. The first-order valence-corrected chi connectivity index (χ1v) is 12.9. The number of imidazole rings is 1. The minimum atomic E-state index is -1.16. The first-order valence-electron chi connectivity index (χ1n) is 12.0. The first kappa shape index (κ1) is 26.9. The van der Waals surface area contributed by atoms with E-state index in [0.717, 1.165) is 16.8 Å². The number of aromatic nitrogens is 2. The molecule has 1 atom stereocenters. The van der Waals surface area contributed by atoms with Crippen molar-refractivity contribution in [1.82, 2.24) is 31.0 Å². The summed E-state index contributed by atoms with van der Waals surface area (Å²) in [7, 11) is 0. The maximum atomic E-state index is 13.0. The smallest absolute Gasteiger partial charge is 0.276 e. The molecule has 3 aliphatic rings. The second-order valence-corrected chi connectivity index (χ2v) is 9.55. The van der Waals surface area contributed by atoms with Crippen LogP contribution in [0.25, 0.3) is 11.0 Å². The lowest BCUT2D eigenvalue weighted by molar-refractivity contribution is -0.145. The van der Waals surface area contributed by atoms with Gasteiger partial charge in [0.1, 0.15) is 5.52 Å². The van der Waals surface area contributed by atoms with Gasteiger partial charge in [-0.3, -0.25) is 49.8 Å². The van der Waals surface area contributed by atoms with Gasteiger partial charge in [0.05, 0.1) is 16.7 Å². The molecule has 6 amide bonds. The van der Waals surface area contributed by atoms with Crippen molar-refractivity contribution in [3.05, 3.63) is 40.9 Å². The highest BCUT2D eigenvalue weighted by molar-refractivity contribution is 7.11. The van der Waals surface area contributed by atoms with Crippen molar-refractivity contribution in [3.63, 3.8) is 0 Å². The topological polar surface area (TPSA) is 180 Å². The number of hydrazine groups is 1. The van der Waals surface area contributed by atoms with Crippen molar-refractivity contribution in [2.24, 2.45) is 0 Å². The quantitative estimate of drug-likeness (QED) is 0.211. The monoisotopic (exact) mass is 542 g/mol. The minimum absolute atomic E-state index is 0.219. The molecule has 0 spiro atoms. The van der Waals surface area contributed by atoms with Gasteiger partial charge in [0, 0.05) is 49.3 Å². The second-order valence-electron chi connectivity index (χ2n) is 8.67. The highest BCUT2D eigenvalue weighted by Crippen LogP contribution is 2.42. The van der Waals surface area contributed by atoms with Crippen LogP contribution in [0.4, 0.5) is 0 Å². The summed E-state index contributed by atoms with van der Waals surface area (Å²) in [4.78, 5) is 77.4. The SMILES string of the molecule is O=C(CCCCCN1C(=O)C=CC1=O)NNC(=O)C1(c2scc3[nH]cnc23)CCCO1.O=C1C=CC(=O)N1. The standard InChI is InChI=1S/C20H23N5O5S.C4H3NO2/c26-14(5-2-1-3-9-25-15(27)6-7-16(25)28)23-24-19(29)20(8-4-10-30-20)18-17-13(11-31-18)21-12-22-17;6-3-1-2-4(7)5-3/h6-7,11-12H,1-5,8-10H2,(H,21,22)(H,23,26)(H,24,29);1-2H,(H,5,6,7). The lowest BCUT2D eigenvalue weighted by Crippen LogP contribution is -2.51. The summed E-state index contributed by atoms with van der Waals surface area (Å²) in [5.41, 5.74) is 5.37. The molecule has 14 heteroatoms. The van der Waals surface area contributed by atoms with Crippen LogP contribution in [-0.2, 0) is 39.1 Å². The number of carbonyl (C=O) groups excluding carboxylic acids is 6. The number of imide groups is 2. The van der Waals surface area contributed by atoms with E-state index >= 15 is 0 Å². The van der Waals surface area contributed by atoms with Crippen LogP contribution in [0.1, 0.15) is 43.4 Å². The molecule has 0 radical (unpaired) electrons. The Morgan fingerprint density at radius 3 is 2.39 bits per heavy atom. The zero-order chi connectivity index (χ0) is 27.1. The van der Waals surface area contributed by atoms with E-state index in [4.69, 9.17) is 4.74 Å². The summed E-state index contributed by atoms with van der Waals surface area (Å²) >= 11 is 1.41. The molecule has 2 aromatic heterocycles. The maximum Gasteiger partial charge on any atom is 0.276 e. The van der Waals surface area contributed by atoms with Gasteiger partial charge in [-0.25, -0.2) is 4.98 Å². The van der Waals surface area contributed by atoms with Crippen LogP contribution in [0.2, 0.25) is 0 Å². The fraction of sp³-hybridized carbons (Fsp3) is 0.375. The summed E-state index contributed by atoms with van der Waals surface area (Å²) in [6.07, 6.45) is 9.83. The number of hydrogen-bond donors (Lipinski definition) is 4. The van der Waals surface area contributed by atoms with Gasteiger partial charge >= 0.3 is 0 Å². The number of amides is 6. The van der Waals surface area contributed by atoms with Crippen molar-refractivity contribution in [2.75, 3.05) is 13.2 Å². The molecule has 0 bridgehead atoms. The van der Waals surface area contributed by atoms with Gasteiger partial charge < -0.3 is 9.72 Å². The van der Waals surface area contributed by atoms with Crippen molar-refractivity contribution in [1.29, 1.82) is 0 Å². The summed E-state index contributed by atoms with van der Waals surface area (Å²) in [6, 6.07) is 0. The first-order chi connectivity index (χ1) is 18.3. The third kappa shape index (κ3) is 6.03. The molecule has 5 heterocycles. The molecule has 1 fully saturated rings. The molecule has 2 aromatic rings. The van der Waals surface area contributed by atoms with Crippen molar-refractivity contribution < 1.29 is 33.5 Å². The van der Waals surface area contributed by atoms with E-state index in [-0.39, 0.29) is 36.0 Å². The second kappa shape index (κ2) is 11.9. The Hall–Kier alpha value is -4.17. The molecule has 0 aromatic carbocycles. The molecule has 1 saturated heterocycles. The molecule has 0 aliphatic carbocycles. The van der Waals surface area contributed by atoms with Gasteiger partial charge in [-0.2, -0.15) is 0 Å². The number of ether oxygens (including phenoxy) is 1. The average molecular weight is 543 g/mol. The van der Waals surface area contributed by atoms with Crippen LogP contribution >= 0.6 is 11.3 Å². The molecule has 0 saturated carbocycles. The fourth-order valence-electron chi connectivity index (χ4n) is 4.17. The lowest BCUT2D eigenvalue weighted by Gasteiger charge is -2.26. The zero-order valence-corrected chi connectivity index (χ0v) is 21.1. The van der Waals surface area contributed by atoms with Crippen molar-refractivity contribution in [3.8, 4) is 0 Å². The van der Waals surface area contributed by atoms with Gasteiger partial charge in [0.15, 0.2) is 5.60 Å².